The molecule has 0 aliphatic carbocycles. The smallest absolute Gasteiger partial charge is 0.115 e. The summed E-state index contributed by atoms with van der Waals surface area (Å²) in [6.45, 7) is 5.29. The Balaban J connectivity index is 2.28. The van der Waals surface area contributed by atoms with E-state index in [-0.39, 0.29) is 11.8 Å². The van der Waals surface area contributed by atoms with Crippen molar-refractivity contribution in [3.63, 3.8) is 0 Å². The van der Waals surface area contributed by atoms with E-state index in [9.17, 15) is 5.11 Å². The first-order valence-electron chi connectivity index (χ1n) is 6.84. The molecule has 0 heterocycles. The Morgan fingerprint density at radius 2 is 1.45 bits per heavy atom. The van der Waals surface area contributed by atoms with Gasteiger partial charge in [0, 0.05) is 5.02 Å². The number of phenols is 1. The summed E-state index contributed by atoms with van der Waals surface area (Å²) in [7, 11) is 0. The van der Waals surface area contributed by atoms with Crippen molar-refractivity contribution in [3.05, 3.63) is 64.7 Å². The topological polar surface area (TPSA) is 32.3 Å². The second-order valence-electron chi connectivity index (χ2n) is 5.38. The Labute approximate surface area is 125 Å². The van der Waals surface area contributed by atoms with Crippen LogP contribution in [0.15, 0.2) is 48.5 Å². The van der Waals surface area contributed by atoms with Crippen LogP contribution in [0.25, 0.3) is 0 Å². The SMILES string of the molecule is CC(C)CNC(c1ccc(O)cc1)c1ccc(Cl)cc1. The second kappa shape index (κ2) is 6.78. The molecular formula is C17H20ClNO. The molecular weight excluding hydrogens is 270 g/mol. The Bertz CT molecular complexity index is 488. The fraction of sp³-hybridized carbons (Fsp3) is 0.294. The molecule has 2 aromatic rings. The van der Waals surface area contributed by atoms with Gasteiger partial charge in [0.25, 0.3) is 0 Å². The number of halogens is 1. The molecule has 0 aromatic heterocycles. The minimum Gasteiger partial charge on any atom is -0.508 e. The van der Waals surface area contributed by atoms with Crippen molar-refractivity contribution in [3.8, 4) is 5.75 Å². The van der Waals surface area contributed by atoms with E-state index in [1.165, 1.54) is 5.56 Å². The van der Waals surface area contributed by atoms with Gasteiger partial charge in [-0.15, -0.1) is 0 Å². The highest BCUT2D eigenvalue weighted by Gasteiger charge is 2.14. The fourth-order valence-corrected chi connectivity index (χ4v) is 2.23. The second-order valence-corrected chi connectivity index (χ2v) is 5.81. The van der Waals surface area contributed by atoms with E-state index < -0.39 is 0 Å². The van der Waals surface area contributed by atoms with Crippen LogP contribution in [0, 0.1) is 5.92 Å². The highest BCUT2D eigenvalue weighted by Crippen LogP contribution is 2.25. The third-order valence-electron chi connectivity index (χ3n) is 3.16. The molecule has 0 radical (unpaired) electrons. The van der Waals surface area contributed by atoms with Crippen LogP contribution in [0.5, 0.6) is 5.75 Å². The Morgan fingerprint density at radius 1 is 0.950 bits per heavy atom. The summed E-state index contributed by atoms with van der Waals surface area (Å²) in [4.78, 5) is 0. The number of benzene rings is 2. The maximum absolute atomic E-state index is 9.43. The molecule has 106 valence electrons. The number of rotatable bonds is 5. The Morgan fingerprint density at radius 3 is 1.95 bits per heavy atom. The molecule has 1 unspecified atom stereocenters. The van der Waals surface area contributed by atoms with E-state index in [0.29, 0.717) is 5.92 Å². The minimum absolute atomic E-state index is 0.107. The van der Waals surface area contributed by atoms with Crippen LogP contribution < -0.4 is 5.32 Å². The molecule has 2 nitrogen and oxygen atoms in total. The van der Waals surface area contributed by atoms with E-state index in [2.05, 4.69) is 19.2 Å². The molecule has 0 fully saturated rings. The first kappa shape index (κ1) is 14.9. The molecule has 0 saturated heterocycles. The van der Waals surface area contributed by atoms with Crippen LogP contribution in [-0.4, -0.2) is 11.7 Å². The number of hydrogen-bond acceptors (Lipinski definition) is 2. The van der Waals surface area contributed by atoms with Gasteiger partial charge in [-0.3, -0.25) is 0 Å². The highest BCUT2D eigenvalue weighted by molar-refractivity contribution is 6.30. The summed E-state index contributed by atoms with van der Waals surface area (Å²) in [5, 5.41) is 13.7. The molecule has 1 atom stereocenters. The average Bonchev–Trinajstić information content (AvgIpc) is 2.42. The van der Waals surface area contributed by atoms with Gasteiger partial charge in [0.05, 0.1) is 6.04 Å². The Kier molecular flexibility index (Phi) is 5.05. The Hall–Kier alpha value is -1.51. The molecule has 0 aliphatic rings. The third kappa shape index (κ3) is 3.99. The van der Waals surface area contributed by atoms with Crippen LogP contribution in [0.2, 0.25) is 5.02 Å². The molecule has 0 amide bonds. The van der Waals surface area contributed by atoms with Crippen LogP contribution in [-0.2, 0) is 0 Å². The number of hydrogen-bond donors (Lipinski definition) is 2. The highest BCUT2D eigenvalue weighted by atomic mass is 35.5. The molecule has 0 saturated carbocycles. The molecule has 2 aromatic carbocycles. The van der Waals surface area contributed by atoms with Crippen molar-refractivity contribution in [1.29, 1.82) is 0 Å². The lowest BCUT2D eigenvalue weighted by Gasteiger charge is -2.21. The molecule has 2 N–H and O–H groups in total. The van der Waals surface area contributed by atoms with Crippen molar-refractivity contribution in [1.82, 2.24) is 5.32 Å². The maximum atomic E-state index is 9.43. The molecule has 0 spiro atoms. The van der Waals surface area contributed by atoms with Gasteiger partial charge in [-0.05, 0) is 47.9 Å². The molecule has 3 heteroatoms. The summed E-state index contributed by atoms with van der Waals surface area (Å²) >= 11 is 5.96. The van der Waals surface area contributed by atoms with E-state index in [4.69, 9.17) is 11.6 Å². The summed E-state index contributed by atoms with van der Waals surface area (Å²) in [6, 6.07) is 15.3. The van der Waals surface area contributed by atoms with Gasteiger partial charge in [0.2, 0.25) is 0 Å². The predicted molar refractivity (Wildman–Crippen MR) is 84.2 cm³/mol. The van der Waals surface area contributed by atoms with Gasteiger partial charge in [0.15, 0.2) is 0 Å². The van der Waals surface area contributed by atoms with Gasteiger partial charge in [-0.1, -0.05) is 49.7 Å². The first-order valence-corrected chi connectivity index (χ1v) is 7.22. The van der Waals surface area contributed by atoms with E-state index in [0.717, 1.165) is 17.1 Å². The standard InChI is InChI=1S/C17H20ClNO/c1-12(2)11-19-17(13-3-7-15(18)8-4-13)14-5-9-16(20)10-6-14/h3-10,12,17,19-20H,11H2,1-2H3. The average molecular weight is 290 g/mol. The summed E-state index contributed by atoms with van der Waals surface area (Å²) in [5.74, 6) is 0.856. The van der Waals surface area contributed by atoms with Crippen LogP contribution in [0.3, 0.4) is 0 Å². The largest absolute Gasteiger partial charge is 0.508 e. The zero-order valence-corrected chi connectivity index (χ0v) is 12.6. The zero-order valence-electron chi connectivity index (χ0n) is 11.8. The quantitative estimate of drug-likeness (QED) is 0.856. The summed E-state index contributed by atoms with van der Waals surface area (Å²) in [6.07, 6.45) is 0. The van der Waals surface area contributed by atoms with Crippen molar-refractivity contribution in [2.75, 3.05) is 6.54 Å². The zero-order chi connectivity index (χ0) is 14.5. The van der Waals surface area contributed by atoms with Gasteiger partial charge >= 0.3 is 0 Å². The van der Waals surface area contributed by atoms with Crippen molar-refractivity contribution in [2.24, 2.45) is 5.92 Å². The van der Waals surface area contributed by atoms with Gasteiger partial charge in [-0.25, -0.2) is 0 Å². The lowest BCUT2D eigenvalue weighted by molar-refractivity contribution is 0.474. The van der Waals surface area contributed by atoms with Crippen LogP contribution in [0.1, 0.15) is 31.0 Å². The number of phenolic OH excluding ortho intramolecular Hbond substituents is 1. The maximum Gasteiger partial charge on any atom is 0.115 e. The number of nitrogens with one attached hydrogen (secondary N) is 1. The van der Waals surface area contributed by atoms with Crippen LogP contribution >= 0.6 is 11.6 Å². The lowest BCUT2D eigenvalue weighted by atomic mass is 9.98. The fourth-order valence-electron chi connectivity index (χ4n) is 2.10. The van der Waals surface area contributed by atoms with Gasteiger partial charge in [-0.2, -0.15) is 0 Å². The minimum atomic E-state index is 0.107. The van der Waals surface area contributed by atoms with Crippen molar-refractivity contribution in [2.45, 2.75) is 19.9 Å². The molecule has 0 bridgehead atoms. The van der Waals surface area contributed by atoms with Crippen LogP contribution in [0.4, 0.5) is 0 Å². The predicted octanol–water partition coefficient (Wildman–Crippen LogP) is 4.38. The first-order chi connectivity index (χ1) is 9.56. The van der Waals surface area contributed by atoms with Crippen molar-refractivity contribution >= 4 is 11.6 Å². The molecule has 2 rings (SSSR count). The van der Waals surface area contributed by atoms with Crippen molar-refractivity contribution < 1.29 is 5.11 Å². The van der Waals surface area contributed by atoms with Gasteiger partial charge in [0.1, 0.15) is 5.75 Å². The molecule has 0 aliphatic heterocycles. The lowest BCUT2D eigenvalue weighted by Crippen LogP contribution is -2.26. The van der Waals surface area contributed by atoms with E-state index in [1.807, 2.05) is 36.4 Å². The number of aromatic hydroxyl groups is 1. The summed E-state index contributed by atoms with van der Waals surface area (Å²) in [5.41, 5.74) is 2.30. The van der Waals surface area contributed by atoms with E-state index >= 15 is 0 Å². The monoisotopic (exact) mass is 289 g/mol. The van der Waals surface area contributed by atoms with E-state index in [1.54, 1.807) is 12.1 Å². The normalized spacial score (nSPS) is 12.6. The van der Waals surface area contributed by atoms with Gasteiger partial charge < -0.3 is 10.4 Å². The molecule has 20 heavy (non-hydrogen) atoms. The summed E-state index contributed by atoms with van der Waals surface area (Å²) < 4.78 is 0. The third-order valence-corrected chi connectivity index (χ3v) is 3.41.